The summed E-state index contributed by atoms with van der Waals surface area (Å²) in [7, 11) is 0. The second kappa shape index (κ2) is 10.0. The third-order valence-electron chi connectivity index (χ3n) is 5.77. The molecule has 32 heavy (non-hydrogen) atoms. The number of halogens is 1. The minimum atomic E-state index is -0.346. The fourth-order valence-electron chi connectivity index (χ4n) is 4.11. The maximum Gasteiger partial charge on any atom is 0.273 e. The molecule has 2 amide bonds. The minimum absolute atomic E-state index is 0.0337. The second-order valence-corrected chi connectivity index (χ2v) is 8.76. The van der Waals surface area contributed by atoms with Crippen molar-refractivity contribution >= 4 is 23.2 Å². The number of hydrogen-bond acceptors (Lipinski definition) is 4. The Bertz CT molecular complexity index is 1080. The zero-order chi connectivity index (χ0) is 22.5. The van der Waals surface area contributed by atoms with Gasteiger partial charge in [-0.15, -0.1) is 11.3 Å². The highest BCUT2D eigenvalue weighted by atomic mass is 32.1. The van der Waals surface area contributed by atoms with Crippen LogP contribution in [0.25, 0.3) is 10.6 Å². The lowest BCUT2D eigenvalue weighted by Gasteiger charge is -2.38. The molecular formula is C25H26FN3O2S. The first-order chi connectivity index (χ1) is 15.6. The van der Waals surface area contributed by atoms with Gasteiger partial charge in [-0.05, 0) is 43.5 Å². The van der Waals surface area contributed by atoms with E-state index in [0.29, 0.717) is 41.5 Å². The van der Waals surface area contributed by atoms with Crippen molar-refractivity contribution in [2.24, 2.45) is 0 Å². The van der Waals surface area contributed by atoms with Gasteiger partial charge in [-0.1, -0.05) is 37.3 Å². The molecule has 7 heteroatoms. The van der Waals surface area contributed by atoms with Crippen LogP contribution in [0.1, 0.15) is 47.0 Å². The fraction of sp³-hybridized carbons (Fsp3) is 0.320. The number of aromatic nitrogens is 1. The van der Waals surface area contributed by atoms with E-state index in [1.165, 1.54) is 17.4 Å². The lowest BCUT2D eigenvalue weighted by molar-refractivity contribution is 0.0516. The van der Waals surface area contributed by atoms with Gasteiger partial charge in [0.05, 0.1) is 0 Å². The summed E-state index contributed by atoms with van der Waals surface area (Å²) in [6.07, 6.45) is 2.29. The Labute approximate surface area is 191 Å². The molecule has 0 N–H and O–H groups in total. The average Bonchev–Trinajstić information content (AvgIpc) is 3.33. The number of hydrogen-bond donors (Lipinski definition) is 0. The van der Waals surface area contributed by atoms with E-state index < -0.39 is 0 Å². The molecule has 1 aromatic heterocycles. The minimum Gasteiger partial charge on any atom is -0.338 e. The van der Waals surface area contributed by atoms with Crippen LogP contribution in [0.4, 0.5) is 4.39 Å². The number of carbonyl (C=O) groups is 2. The van der Waals surface area contributed by atoms with E-state index >= 15 is 0 Å². The Hall–Kier alpha value is -3.06. The SMILES string of the molecule is CCCN(C(=O)c1csc(-c2ccccc2F)n1)C1CCN(C(=O)c2ccccc2)CC1. The number of rotatable bonds is 6. The van der Waals surface area contributed by atoms with Crippen molar-refractivity contribution in [1.29, 1.82) is 0 Å². The molecule has 0 spiro atoms. The molecule has 1 fully saturated rings. The molecule has 0 saturated carbocycles. The summed E-state index contributed by atoms with van der Waals surface area (Å²) >= 11 is 1.28. The quantitative estimate of drug-likeness (QED) is 0.524. The largest absolute Gasteiger partial charge is 0.338 e. The van der Waals surface area contributed by atoms with Gasteiger partial charge in [0.15, 0.2) is 0 Å². The molecule has 1 aliphatic rings. The molecule has 166 valence electrons. The van der Waals surface area contributed by atoms with Crippen molar-refractivity contribution in [3.05, 3.63) is 77.1 Å². The van der Waals surface area contributed by atoms with E-state index in [1.807, 2.05) is 47.1 Å². The first-order valence-electron chi connectivity index (χ1n) is 10.9. The van der Waals surface area contributed by atoms with Crippen molar-refractivity contribution in [3.8, 4) is 10.6 Å². The molecule has 1 saturated heterocycles. The second-order valence-electron chi connectivity index (χ2n) is 7.91. The molecule has 0 atom stereocenters. The number of amides is 2. The number of carbonyl (C=O) groups excluding carboxylic acids is 2. The summed E-state index contributed by atoms with van der Waals surface area (Å²) in [5, 5.41) is 2.21. The molecule has 1 aliphatic heterocycles. The van der Waals surface area contributed by atoms with E-state index in [4.69, 9.17) is 0 Å². The lowest BCUT2D eigenvalue weighted by atomic mass is 10.0. The van der Waals surface area contributed by atoms with Gasteiger partial charge in [0.2, 0.25) is 0 Å². The maximum atomic E-state index is 14.1. The van der Waals surface area contributed by atoms with Crippen LogP contribution in [0.15, 0.2) is 60.0 Å². The zero-order valence-corrected chi connectivity index (χ0v) is 18.9. The van der Waals surface area contributed by atoms with Crippen LogP contribution < -0.4 is 0 Å². The Morgan fingerprint density at radius 2 is 1.78 bits per heavy atom. The van der Waals surface area contributed by atoms with Crippen molar-refractivity contribution in [2.45, 2.75) is 32.2 Å². The predicted octanol–water partition coefficient (Wildman–Crippen LogP) is 5.11. The summed E-state index contributed by atoms with van der Waals surface area (Å²) in [4.78, 5) is 34.2. The summed E-state index contributed by atoms with van der Waals surface area (Å²) in [5.41, 5.74) is 1.45. The highest BCUT2D eigenvalue weighted by molar-refractivity contribution is 7.13. The Balaban J connectivity index is 1.45. The molecule has 2 heterocycles. The number of benzene rings is 2. The average molecular weight is 452 g/mol. The molecule has 3 aromatic rings. The van der Waals surface area contributed by atoms with Gasteiger partial charge in [-0.2, -0.15) is 0 Å². The zero-order valence-electron chi connectivity index (χ0n) is 18.0. The van der Waals surface area contributed by atoms with Crippen LogP contribution in [0, 0.1) is 5.82 Å². The topological polar surface area (TPSA) is 53.5 Å². The van der Waals surface area contributed by atoms with Gasteiger partial charge in [-0.3, -0.25) is 9.59 Å². The van der Waals surface area contributed by atoms with Gasteiger partial charge >= 0.3 is 0 Å². The van der Waals surface area contributed by atoms with Crippen LogP contribution in [-0.4, -0.2) is 52.3 Å². The van der Waals surface area contributed by atoms with Gasteiger partial charge in [0.1, 0.15) is 16.5 Å². The van der Waals surface area contributed by atoms with E-state index in [-0.39, 0.29) is 23.7 Å². The normalized spacial score (nSPS) is 14.4. The molecule has 2 aromatic carbocycles. The monoisotopic (exact) mass is 451 g/mol. The summed E-state index contributed by atoms with van der Waals surface area (Å²) < 4.78 is 14.1. The Kier molecular flexibility index (Phi) is 6.95. The Morgan fingerprint density at radius 3 is 2.47 bits per heavy atom. The van der Waals surface area contributed by atoms with Gasteiger partial charge in [0.25, 0.3) is 11.8 Å². The van der Waals surface area contributed by atoms with Crippen molar-refractivity contribution < 1.29 is 14.0 Å². The van der Waals surface area contributed by atoms with Crippen LogP contribution >= 0.6 is 11.3 Å². The summed E-state index contributed by atoms with van der Waals surface area (Å²) in [5.74, 6) is -0.438. The van der Waals surface area contributed by atoms with Crippen LogP contribution in [0.2, 0.25) is 0 Å². The number of piperidine rings is 1. The van der Waals surface area contributed by atoms with Gasteiger partial charge in [-0.25, -0.2) is 9.37 Å². The van der Waals surface area contributed by atoms with Crippen molar-refractivity contribution in [2.75, 3.05) is 19.6 Å². The Morgan fingerprint density at radius 1 is 1.09 bits per heavy atom. The number of likely N-dealkylation sites (tertiary alicyclic amines) is 1. The molecule has 4 rings (SSSR count). The molecule has 0 unspecified atom stereocenters. The first-order valence-corrected chi connectivity index (χ1v) is 11.8. The van der Waals surface area contributed by atoms with Crippen molar-refractivity contribution in [3.63, 3.8) is 0 Å². The van der Waals surface area contributed by atoms with E-state index in [9.17, 15) is 14.0 Å². The van der Waals surface area contributed by atoms with Gasteiger partial charge < -0.3 is 9.80 Å². The molecular weight excluding hydrogens is 425 g/mol. The van der Waals surface area contributed by atoms with Crippen LogP contribution in [0.5, 0.6) is 0 Å². The van der Waals surface area contributed by atoms with Gasteiger partial charge in [0, 0.05) is 42.2 Å². The highest BCUT2D eigenvalue weighted by Crippen LogP contribution is 2.28. The lowest BCUT2D eigenvalue weighted by Crippen LogP contribution is -2.49. The number of nitrogens with zero attached hydrogens (tertiary/aromatic N) is 3. The fourth-order valence-corrected chi connectivity index (χ4v) is 4.93. The molecule has 0 bridgehead atoms. The van der Waals surface area contributed by atoms with E-state index in [0.717, 1.165) is 19.3 Å². The van der Waals surface area contributed by atoms with E-state index in [1.54, 1.807) is 23.6 Å². The van der Waals surface area contributed by atoms with E-state index in [2.05, 4.69) is 4.98 Å². The van der Waals surface area contributed by atoms with Crippen LogP contribution in [0.3, 0.4) is 0 Å². The molecule has 0 aliphatic carbocycles. The van der Waals surface area contributed by atoms with Crippen LogP contribution in [-0.2, 0) is 0 Å². The summed E-state index contributed by atoms with van der Waals surface area (Å²) in [6, 6.07) is 15.8. The number of thiazole rings is 1. The standard InChI is InChI=1S/C25H26FN3O2S/c1-2-14-29(19-12-15-28(16-13-19)24(30)18-8-4-3-5-9-18)25(31)22-17-32-23(27-22)20-10-6-7-11-21(20)26/h3-11,17,19H,2,12-16H2,1H3. The first kappa shape index (κ1) is 22.1. The smallest absolute Gasteiger partial charge is 0.273 e. The third kappa shape index (κ3) is 4.72. The molecule has 5 nitrogen and oxygen atoms in total. The molecule has 0 radical (unpaired) electrons. The highest BCUT2D eigenvalue weighted by Gasteiger charge is 2.31. The predicted molar refractivity (Wildman–Crippen MR) is 124 cm³/mol. The summed E-state index contributed by atoms with van der Waals surface area (Å²) in [6.45, 7) is 3.90. The maximum absolute atomic E-state index is 14.1. The third-order valence-corrected chi connectivity index (χ3v) is 6.64. The van der Waals surface area contributed by atoms with Crippen molar-refractivity contribution in [1.82, 2.24) is 14.8 Å².